The highest BCUT2D eigenvalue weighted by Crippen LogP contribution is 2.27. The van der Waals surface area contributed by atoms with Gasteiger partial charge < -0.3 is 9.47 Å². The molecule has 0 radical (unpaired) electrons. The maximum atomic E-state index is 12.3. The molecule has 0 spiro atoms. The molecule has 0 saturated carbocycles. The number of halogens is 6. The molecule has 2 atom stereocenters. The van der Waals surface area contributed by atoms with Gasteiger partial charge in [0.25, 0.3) is 0 Å². The van der Waals surface area contributed by atoms with Gasteiger partial charge in [-0.3, -0.25) is 0 Å². The minimum absolute atomic E-state index is 0.280. The van der Waals surface area contributed by atoms with Crippen LogP contribution >= 0.6 is 23.2 Å². The highest BCUT2D eigenvalue weighted by molar-refractivity contribution is 6.31. The van der Waals surface area contributed by atoms with Gasteiger partial charge in [0.05, 0.1) is 0 Å². The fraction of sp³-hybridized carbons (Fsp3) is 0.556. The first-order valence-electron chi connectivity index (χ1n) is 4.74. The first-order chi connectivity index (χ1) is 8.50. The fourth-order valence-electron chi connectivity index (χ4n) is 1.22. The maximum Gasteiger partial charge on any atom is 0.417 e. The Balaban J connectivity index is 2.46. The Bertz CT molecular complexity index is 366. The smallest absolute Gasteiger partial charge is 0.417 e. The number of carbonyl (C=O) groups excluding carboxylic acids is 2. The van der Waals surface area contributed by atoms with Crippen molar-refractivity contribution in [3.63, 3.8) is 0 Å². The molecule has 0 heterocycles. The minimum Gasteiger partial charge on any atom is -0.453 e. The summed E-state index contributed by atoms with van der Waals surface area (Å²) < 4.78 is 57.7. The zero-order valence-corrected chi connectivity index (χ0v) is 10.4. The standard InChI is InChI=1S/C9H6Cl2F4O4/c10-8(12,13)6(16)18-4-1-2-5(3-4)19-7(17)9(11,14)15/h1-2,4-5H,3H2/t4-,5+. The van der Waals surface area contributed by atoms with E-state index in [1.165, 1.54) is 0 Å². The van der Waals surface area contributed by atoms with Gasteiger partial charge >= 0.3 is 22.7 Å². The summed E-state index contributed by atoms with van der Waals surface area (Å²) in [4.78, 5) is 21.4. The van der Waals surface area contributed by atoms with E-state index in [0.717, 1.165) is 12.2 Å². The van der Waals surface area contributed by atoms with E-state index in [1.807, 2.05) is 0 Å². The molecule has 0 bridgehead atoms. The molecular weight excluding hydrogens is 319 g/mol. The van der Waals surface area contributed by atoms with Gasteiger partial charge in [-0.05, 0) is 35.4 Å². The van der Waals surface area contributed by atoms with Crippen molar-refractivity contribution < 1.29 is 36.6 Å². The summed E-state index contributed by atoms with van der Waals surface area (Å²) in [6.07, 6.45) is -0.384. The third-order valence-electron chi connectivity index (χ3n) is 1.98. The van der Waals surface area contributed by atoms with Crippen LogP contribution in [0.5, 0.6) is 0 Å². The van der Waals surface area contributed by atoms with Crippen molar-refractivity contribution in [1.29, 1.82) is 0 Å². The van der Waals surface area contributed by atoms with Crippen LogP contribution in [0.15, 0.2) is 12.2 Å². The number of hydrogen-bond donors (Lipinski definition) is 0. The molecule has 10 heteroatoms. The topological polar surface area (TPSA) is 52.6 Å². The largest absolute Gasteiger partial charge is 0.453 e. The van der Waals surface area contributed by atoms with Crippen LogP contribution in [0.4, 0.5) is 17.6 Å². The first-order valence-corrected chi connectivity index (χ1v) is 5.49. The molecule has 0 aromatic rings. The molecule has 1 aliphatic rings. The molecule has 0 amide bonds. The highest BCUT2D eigenvalue weighted by Gasteiger charge is 2.42. The summed E-state index contributed by atoms with van der Waals surface area (Å²) in [6.45, 7) is 0. The predicted octanol–water partition coefficient (Wildman–Crippen LogP) is 2.43. The number of alkyl halides is 6. The molecule has 0 aromatic heterocycles. The van der Waals surface area contributed by atoms with Crippen LogP contribution in [-0.4, -0.2) is 34.9 Å². The number of carbonyl (C=O) groups is 2. The SMILES string of the molecule is O=C(O[C@@H]1C=C[C@H](OC(=O)C(F)(F)Cl)C1)C(F)(F)Cl. The molecular formula is C9H6Cl2F4O4. The number of hydrogen-bond acceptors (Lipinski definition) is 4. The lowest BCUT2D eigenvalue weighted by molar-refractivity contribution is -0.168. The normalized spacial score (nSPS) is 23.3. The quantitative estimate of drug-likeness (QED) is 0.345. The van der Waals surface area contributed by atoms with Crippen molar-refractivity contribution in [1.82, 2.24) is 0 Å². The van der Waals surface area contributed by atoms with E-state index in [4.69, 9.17) is 0 Å². The molecule has 108 valence electrons. The van der Waals surface area contributed by atoms with Gasteiger partial charge in [0.1, 0.15) is 12.2 Å². The Morgan fingerprint density at radius 2 is 1.26 bits per heavy atom. The fourth-order valence-corrected chi connectivity index (χ4v) is 1.31. The van der Waals surface area contributed by atoms with Gasteiger partial charge in [-0.25, -0.2) is 9.59 Å². The first kappa shape index (κ1) is 16.0. The minimum atomic E-state index is -4.19. The predicted molar refractivity (Wildman–Crippen MR) is 55.1 cm³/mol. The third-order valence-corrected chi connectivity index (χ3v) is 2.29. The van der Waals surface area contributed by atoms with Gasteiger partial charge in [0.15, 0.2) is 0 Å². The molecule has 0 N–H and O–H groups in total. The number of ether oxygens (including phenoxy) is 2. The summed E-state index contributed by atoms with van der Waals surface area (Å²) in [6, 6.07) is 0. The van der Waals surface area contributed by atoms with Crippen molar-refractivity contribution in [3.05, 3.63) is 12.2 Å². The van der Waals surface area contributed by atoms with Crippen molar-refractivity contribution in [2.24, 2.45) is 0 Å². The lowest BCUT2D eigenvalue weighted by Crippen LogP contribution is -2.31. The van der Waals surface area contributed by atoms with E-state index in [2.05, 4.69) is 32.7 Å². The summed E-state index contributed by atoms with van der Waals surface area (Å²) in [5, 5.41) is -8.38. The Kier molecular flexibility index (Phi) is 4.67. The van der Waals surface area contributed by atoms with Gasteiger partial charge in [-0.15, -0.1) is 0 Å². The van der Waals surface area contributed by atoms with E-state index in [-0.39, 0.29) is 6.42 Å². The molecule has 19 heavy (non-hydrogen) atoms. The second kappa shape index (κ2) is 5.54. The second-order valence-corrected chi connectivity index (χ2v) is 4.45. The van der Waals surface area contributed by atoms with Gasteiger partial charge in [-0.1, -0.05) is 0 Å². The van der Waals surface area contributed by atoms with Crippen LogP contribution in [0.25, 0.3) is 0 Å². The van der Waals surface area contributed by atoms with E-state index in [1.54, 1.807) is 0 Å². The molecule has 0 fully saturated rings. The third kappa shape index (κ3) is 4.87. The van der Waals surface area contributed by atoms with Gasteiger partial charge in [0, 0.05) is 6.42 Å². The van der Waals surface area contributed by atoms with Crippen molar-refractivity contribution in [2.75, 3.05) is 0 Å². The van der Waals surface area contributed by atoms with E-state index in [9.17, 15) is 27.2 Å². The Labute approximate surface area is 114 Å². The average molecular weight is 325 g/mol. The number of rotatable bonds is 4. The summed E-state index contributed by atoms with van der Waals surface area (Å²) in [5.74, 6) is -3.98. The van der Waals surface area contributed by atoms with E-state index in [0.29, 0.717) is 0 Å². The maximum absolute atomic E-state index is 12.3. The molecule has 4 nitrogen and oxygen atoms in total. The summed E-state index contributed by atoms with van der Waals surface area (Å²) >= 11 is 8.82. The van der Waals surface area contributed by atoms with Crippen LogP contribution in [-0.2, 0) is 19.1 Å². The zero-order chi connectivity index (χ0) is 14.8. The van der Waals surface area contributed by atoms with Crippen molar-refractivity contribution in [3.8, 4) is 0 Å². The monoisotopic (exact) mass is 324 g/mol. The van der Waals surface area contributed by atoms with Crippen LogP contribution in [0.3, 0.4) is 0 Å². The van der Waals surface area contributed by atoms with E-state index < -0.39 is 34.9 Å². The molecule has 0 unspecified atom stereocenters. The Morgan fingerprint density at radius 1 is 0.947 bits per heavy atom. The van der Waals surface area contributed by atoms with Crippen LogP contribution in [0.1, 0.15) is 6.42 Å². The number of esters is 2. The second-order valence-electron chi connectivity index (χ2n) is 3.50. The summed E-state index contributed by atoms with van der Waals surface area (Å²) in [5.41, 5.74) is 0. The lowest BCUT2D eigenvalue weighted by atomic mass is 10.3. The Morgan fingerprint density at radius 3 is 1.53 bits per heavy atom. The molecule has 0 aromatic carbocycles. The van der Waals surface area contributed by atoms with Crippen LogP contribution in [0, 0.1) is 0 Å². The van der Waals surface area contributed by atoms with Crippen molar-refractivity contribution >= 4 is 35.1 Å². The molecule has 0 aliphatic heterocycles. The molecule has 0 saturated heterocycles. The molecule has 1 aliphatic carbocycles. The highest BCUT2D eigenvalue weighted by atomic mass is 35.5. The lowest BCUT2D eigenvalue weighted by Gasteiger charge is -2.16. The molecule has 1 rings (SSSR count). The average Bonchev–Trinajstić information content (AvgIpc) is 2.62. The van der Waals surface area contributed by atoms with Crippen LogP contribution < -0.4 is 0 Å². The van der Waals surface area contributed by atoms with Crippen LogP contribution in [0.2, 0.25) is 0 Å². The van der Waals surface area contributed by atoms with Gasteiger partial charge in [0.2, 0.25) is 0 Å². The zero-order valence-electron chi connectivity index (χ0n) is 8.92. The van der Waals surface area contributed by atoms with Crippen molar-refractivity contribution in [2.45, 2.75) is 29.4 Å². The summed E-state index contributed by atoms with van der Waals surface area (Å²) in [7, 11) is 0. The van der Waals surface area contributed by atoms with E-state index >= 15 is 0 Å². The van der Waals surface area contributed by atoms with Gasteiger partial charge in [-0.2, -0.15) is 17.6 Å². The Hall–Kier alpha value is -1.02.